The fourth-order valence-corrected chi connectivity index (χ4v) is 3.56. The number of esters is 1. The van der Waals surface area contributed by atoms with E-state index in [1.165, 1.54) is 19.1 Å². The second-order valence-corrected chi connectivity index (χ2v) is 7.76. The highest BCUT2D eigenvalue weighted by molar-refractivity contribution is 7.93. The van der Waals surface area contributed by atoms with E-state index >= 15 is 0 Å². The van der Waals surface area contributed by atoms with Crippen LogP contribution in [-0.2, 0) is 19.4 Å². The average molecular weight is 325 g/mol. The van der Waals surface area contributed by atoms with Gasteiger partial charge in [0.15, 0.2) is 15.6 Å². The Morgan fingerprint density at radius 1 is 1.42 bits per heavy atom. The Kier molecular flexibility index (Phi) is 5.51. The molecule has 5 nitrogen and oxygen atoms in total. The maximum absolute atomic E-state index is 12.0. The van der Waals surface area contributed by atoms with E-state index < -0.39 is 32.6 Å². The lowest BCUT2D eigenvalue weighted by atomic mass is 10.2. The molecule has 0 aliphatic heterocycles. The molecule has 1 aromatic heterocycles. The lowest BCUT2D eigenvalue weighted by molar-refractivity contribution is -0.139. The highest BCUT2D eigenvalue weighted by Gasteiger charge is 2.32. The van der Waals surface area contributed by atoms with Gasteiger partial charge in [0.1, 0.15) is 11.0 Å². The topological polar surface area (TPSA) is 77.5 Å². The van der Waals surface area contributed by atoms with E-state index in [1.54, 1.807) is 6.92 Å². The Balaban J connectivity index is 2.84. The van der Waals surface area contributed by atoms with Crippen LogP contribution in [0.4, 0.5) is 0 Å². The summed E-state index contributed by atoms with van der Waals surface area (Å²) in [6, 6.07) is 2.98. The fraction of sp³-hybridized carbons (Fsp3) is 0.455. The summed E-state index contributed by atoms with van der Waals surface area (Å²) in [4.78, 5) is 23.4. The average Bonchev–Trinajstić information content (AvgIpc) is 2.73. The maximum Gasteiger partial charge on any atom is 0.321 e. The van der Waals surface area contributed by atoms with Gasteiger partial charge in [0.25, 0.3) is 0 Å². The molecule has 0 bridgehead atoms. The molecule has 0 spiro atoms. The van der Waals surface area contributed by atoms with E-state index in [2.05, 4.69) is 4.74 Å². The molecule has 0 aliphatic carbocycles. The molecule has 0 saturated heterocycles. The second kappa shape index (κ2) is 6.49. The van der Waals surface area contributed by atoms with Gasteiger partial charge >= 0.3 is 5.97 Å². The number of hydrogen-bond acceptors (Lipinski definition) is 6. The number of thiophene rings is 1. The van der Waals surface area contributed by atoms with Crippen molar-refractivity contribution in [2.75, 3.05) is 12.4 Å². The summed E-state index contributed by atoms with van der Waals surface area (Å²) in [6.45, 7) is 2.93. The molecule has 0 N–H and O–H groups in total. The van der Waals surface area contributed by atoms with Gasteiger partial charge in [0, 0.05) is 0 Å². The SMILES string of the molecule is CCOC(=O)CS(=O)(=O)C(C)C(=O)c1ccc(Cl)s1. The quantitative estimate of drug-likeness (QED) is 0.590. The van der Waals surface area contributed by atoms with Gasteiger partial charge in [-0.05, 0) is 26.0 Å². The Bertz CT molecular complexity index is 576. The molecule has 1 aromatic rings. The Labute approximate surface area is 120 Å². The van der Waals surface area contributed by atoms with Crippen molar-refractivity contribution in [2.45, 2.75) is 19.1 Å². The Hall–Kier alpha value is -0.920. The molecular weight excluding hydrogens is 312 g/mol. The van der Waals surface area contributed by atoms with Gasteiger partial charge < -0.3 is 4.74 Å². The summed E-state index contributed by atoms with van der Waals surface area (Å²) < 4.78 is 28.7. The van der Waals surface area contributed by atoms with Crippen LogP contribution in [0.1, 0.15) is 23.5 Å². The molecule has 8 heteroatoms. The van der Waals surface area contributed by atoms with Gasteiger partial charge in [-0.1, -0.05) is 11.6 Å². The van der Waals surface area contributed by atoms with Crippen LogP contribution in [-0.4, -0.2) is 37.8 Å². The third-order valence-corrected chi connectivity index (χ3v) is 5.52. The monoisotopic (exact) mass is 324 g/mol. The minimum atomic E-state index is -3.88. The van der Waals surface area contributed by atoms with Gasteiger partial charge in [0.05, 0.1) is 15.8 Å². The zero-order chi connectivity index (χ0) is 14.6. The van der Waals surface area contributed by atoms with Crippen LogP contribution in [0.2, 0.25) is 4.34 Å². The van der Waals surface area contributed by atoms with Crippen molar-refractivity contribution >= 4 is 44.5 Å². The highest BCUT2D eigenvalue weighted by Crippen LogP contribution is 2.24. The molecule has 0 amide bonds. The van der Waals surface area contributed by atoms with Crippen LogP contribution in [0.3, 0.4) is 0 Å². The summed E-state index contributed by atoms with van der Waals surface area (Å²) >= 11 is 6.70. The van der Waals surface area contributed by atoms with Crippen LogP contribution in [0.25, 0.3) is 0 Å². The molecule has 1 heterocycles. The first-order valence-electron chi connectivity index (χ1n) is 5.44. The number of ketones is 1. The molecule has 1 atom stereocenters. The van der Waals surface area contributed by atoms with E-state index in [0.717, 1.165) is 11.3 Å². The lowest BCUT2D eigenvalue weighted by Gasteiger charge is -2.10. The zero-order valence-electron chi connectivity index (χ0n) is 10.4. The highest BCUT2D eigenvalue weighted by atomic mass is 35.5. The van der Waals surface area contributed by atoms with E-state index in [1.807, 2.05) is 0 Å². The summed E-state index contributed by atoms with van der Waals surface area (Å²) in [5.41, 5.74) is 0. The molecular formula is C11H13ClO5S2. The van der Waals surface area contributed by atoms with E-state index in [0.29, 0.717) is 4.34 Å². The van der Waals surface area contributed by atoms with Crippen molar-refractivity contribution in [3.05, 3.63) is 21.3 Å². The molecule has 19 heavy (non-hydrogen) atoms. The van der Waals surface area contributed by atoms with Gasteiger partial charge in [-0.25, -0.2) is 8.42 Å². The Morgan fingerprint density at radius 2 is 2.05 bits per heavy atom. The summed E-state index contributed by atoms with van der Waals surface area (Å²) in [6.07, 6.45) is 0. The largest absolute Gasteiger partial charge is 0.465 e. The standard InChI is InChI=1S/C11H13ClO5S2/c1-3-17-10(13)6-19(15,16)7(2)11(14)8-4-5-9(12)18-8/h4-5,7H,3,6H2,1-2H3. The van der Waals surface area contributed by atoms with Crippen molar-refractivity contribution in [3.63, 3.8) is 0 Å². The van der Waals surface area contributed by atoms with Gasteiger partial charge in [-0.15, -0.1) is 11.3 Å². The minimum absolute atomic E-state index is 0.0945. The summed E-state index contributed by atoms with van der Waals surface area (Å²) in [7, 11) is -3.88. The van der Waals surface area contributed by atoms with Crippen LogP contribution in [0.5, 0.6) is 0 Å². The van der Waals surface area contributed by atoms with Crippen molar-refractivity contribution in [1.82, 2.24) is 0 Å². The molecule has 1 unspecified atom stereocenters. The predicted molar refractivity (Wildman–Crippen MR) is 73.5 cm³/mol. The molecule has 0 aromatic carbocycles. The van der Waals surface area contributed by atoms with Gasteiger partial charge in [-0.2, -0.15) is 0 Å². The van der Waals surface area contributed by atoms with Crippen LogP contribution < -0.4 is 0 Å². The van der Waals surface area contributed by atoms with E-state index in [9.17, 15) is 18.0 Å². The van der Waals surface area contributed by atoms with E-state index in [-0.39, 0.29) is 11.5 Å². The lowest BCUT2D eigenvalue weighted by Crippen LogP contribution is -2.32. The van der Waals surface area contributed by atoms with Crippen molar-refractivity contribution in [1.29, 1.82) is 0 Å². The minimum Gasteiger partial charge on any atom is -0.465 e. The van der Waals surface area contributed by atoms with Crippen LogP contribution in [0.15, 0.2) is 12.1 Å². The number of carbonyl (C=O) groups is 2. The maximum atomic E-state index is 12.0. The first kappa shape index (κ1) is 16.1. The third kappa shape index (κ3) is 4.29. The Morgan fingerprint density at radius 3 is 2.53 bits per heavy atom. The molecule has 106 valence electrons. The van der Waals surface area contributed by atoms with Gasteiger partial charge in [-0.3, -0.25) is 9.59 Å². The first-order valence-corrected chi connectivity index (χ1v) is 8.35. The normalized spacial score (nSPS) is 13.0. The number of ether oxygens (including phenoxy) is 1. The number of halogens is 1. The number of rotatable bonds is 6. The molecule has 0 fully saturated rings. The molecule has 0 radical (unpaired) electrons. The molecule has 0 aliphatic rings. The summed E-state index contributed by atoms with van der Waals surface area (Å²) in [5, 5.41) is -1.30. The van der Waals surface area contributed by atoms with Crippen molar-refractivity contribution < 1.29 is 22.7 Å². The number of Topliss-reactive ketones (excluding diaryl/α,β-unsaturated/α-hetero) is 1. The van der Waals surface area contributed by atoms with Crippen LogP contribution in [0, 0.1) is 0 Å². The summed E-state index contributed by atoms with van der Waals surface area (Å²) in [5.74, 6) is -2.22. The zero-order valence-corrected chi connectivity index (χ0v) is 12.8. The van der Waals surface area contributed by atoms with E-state index in [4.69, 9.17) is 11.6 Å². The third-order valence-electron chi connectivity index (χ3n) is 2.35. The smallest absolute Gasteiger partial charge is 0.321 e. The molecule has 0 saturated carbocycles. The van der Waals surface area contributed by atoms with Gasteiger partial charge in [0.2, 0.25) is 0 Å². The van der Waals surface area contributed by atoms with Crippen molar-refractivity contribution in [3.8, 4) is 0 Å². The number of hydrogen-bond donors (Lipinski definition) is 0. The second-order valence-electron chi connectivity index (χ2n) is 3.72. The van der Waals surface area contributed by atoms with Crippen LogP contribution >= 0.6 is 22.9 Å². The predicted octanol–water partition coefficient (Wildman–Crippen LogP) is 1.95. The number of sulfone groups is 1. The van der Waals surface area contributed by atoms with Crippen molar-refractivity contribution in [2.24, 2.45) is 0 Å². The number of carbonyl (C=O) groups excluding carboxylic acids is 2. The fourth-order valence-electron chi connectivity index (χ4n) is 1.30. The molecule has 1 rings (SSSR count). The first-order chi connectivity index (χ1) is 8.77.